The number of halogens is 1. The molecule has 3 amide bonds. The van der Waals surface area contributed by atoms with Crippen molar-refractivity contribution in [1.82, 2.24) is 24.7 Å². The molecule has 1 aliphatic rings. The van der Waals surface area contributed by atoms with E-state index in [0.29, 0.717) is 18.4 Å². The SMILES string of the molecule is COc1cc(F)ccc1CNC(=O)c1nc(C2CCCN2C(=O)C(=O)N(C)C)n(C)c(=O)c1O. The van der Waals surface area contributed by atoms with Crippen LogP contribution in [-0.2, 0) is 23.2 Å². The van der Waals surface area contributed by atoms with Crippen LogP contribution in [0.25, 0.3) is 0 Å². The Morgan fingerprint density at radius 2 is 2.03 bits per heavy atom. The molecule has 2 heterocycles. The lowest BCUT2D eigenvalue weighted by Crippen LogP contribution is -2.43. The van der Waals surface area contributed by atoms with E-state index in [1.54, 1.807) is 0 Å². The van der Waals surface area contributed by atoms with Crippen LogP contribution in [0.15, 0.2) is 23.0 Å². The standard InChI is InChI=1S/C22H26FN5O6/c1-26(2)21(32)22(33)28-9-5-6-14(28)18-25-16(17(29)20(31)27(18)3)19(30)24-11-12-7-8-13(23)10-15(12)34-4/h7-8,10,14,29H,5-6,9,11H2,1-4H3,(H,24,30). The van der Waals surface area contributed by atoms with E-state index >= 15 is 0 Å². The minimum absolute atomic E-state index is 0.0738. The molecular formula is C22H26FN5O6. The molecule has 11 nitrogen and oxygen atoms in total. The Morgan fingerprint density at radius 3 is 2.68 bits per heavy atom. The van der Waals surface area contributed by atoms with Crippen LogP contribution in [-0.4, -0.2) is 69.9 Å². The van der Waals surface area contributed by atoms with Crippen LogP contribution in [0.4, 0.5) is 4.39 Å². The predicted octanol–water partition coefficient (Wildman–Crippen LogP) is 0.315. The molecule has 1 unspecified atom stereocenters. The maximum atomic E-state index is 13.4. The molecule has 1 atom stereocenters. The van der Waals surface area contributed by atoms with Crippen LogP contribution >= 0.6 is 0 Å². The number of hydrogen-bond acceptors (Lipinski definition) is 7. The van der Waals surface area contributed by atoms with Crippen molar-refractivity contribution >= 4 is 17.7 Å². The summed E-state index contributed by atoms with van der Waals surface area (Å²) >= 11 is 0. The summed E-state index contributed by atoms with van der Waals surface area (Å²) in [4.78, 5) is 57.0. The van der Waals surface area contributed by atoms with Gasteiger partial charge in [-0.15, -0.1) is 0 Å². The summed E-state index contributed by atoms with van der Waals surface area (Å²) in [5.74, 6) is -3.38. The van der Waals surface area contributed by atoms with E-state index in [2.05, 4.69) is 10.3 Å². The minimum atomic E-state index is -0.868. The lowest BCUT2D eigenvalue weighted by atomic mass is 10.1. The smallest absolute Gasteiger partial charge is 0.312 e. The largest absolute Gasteiger partial charge is 0.501 e. The molecule has 1 fully saturated rings. The summed E-state index contributed by atoms with van der Waals surface area (Å²) in [6, 6.07) is 3.07. The van der Waals surface area contributed by atoms with Gasteiger partial charge in [0.1, 0.15) is 17.4 Å². The second-order valence-electron chi connectivity index (χ2n) is 8.03. The summed E-state index contributed by atoms with van der Waals surface area (Å²) in [5, 5.41) is 12.8. The molecule has 0 spiro atoms. The fraction of sp³-hybridized carbons (Fsp3) is 0.409. The lowest BCUT2D eigenvalue weighted by molar-refractivity contribution is -0.151. The number of rotatable bonds is 5. The average Bonchev–Trinajstić information content (AvgIpc) is 3.30. The van der Waals surface area contributed by atoms with E-state index in [1.165, 1.54) is 45.3 Å². The van der Waals surface area contributed by atoms with Crippen LogP contribution in [0.1, 0.15) is 40.8 Å². The van der Waals surface area contributed by atoms with E-state index in [-0.39, 0.29) is 24.7 Å². The molecule has 1 aromatic carbocycles. The number of likely N-dealkylation sites (tertiary alicyclic amines) is 1. The zero-order chi connectivity index (χ0) is 25.2. The van der Waals surface area contributed by atoms with Crippen molar-refractivity contribution in [2.75, 3.05) is 27.7 Å². The monoisotopic (exact) mass is 475 g/mol. The van der Waals surface area contributed by atoms with Crippen molar-refractivity contribution in [3.8, 4) is 11.5 Å². The minimum Gasteiger partial charge on any atom is -0.501 e. The summed E-state index contributed by atoms with van der Waals surface area (Å²) in [7, 11) is 5.64. The van der Waals surface area contributed by atoms with E-state index in [4.69, 9.17) is 4.74 Å². The van der Waals surface area contributed by atoms with Gasteiger partial charge in [-0.1, -0.05) is 6.07 Å². The van der Waals surface area contributed by atoms with Gasteiger partial charge >= 0.3 is 11.8 Å². The third kappa shape index (κ3) is 4.70. The molecule has 0 radical (unpaired) electrons. The Kier molecular flexibility index (Phi) is 7.18. The molecule has 0 bridgehead atoms. The van der Waals surface area contributed by atoms with E-state index in [0.717, 1.165) is 15.5 Å². The number of likely N-dealkylation sites (N-methyl/N-ethyl adjacent to an activating group) is 1. The molecule has 1 aliphatic heterocycles. The van der Waals surface area contributed by atoms with Gasteiger partial charge in [-0.05, 0) is 18.9 Å². The topological polar surface area (TPSA) is 134 Å². The van der Waals surface area contributed by atoms with E-state index in [9.17, 15) is 28.7 Å². The molecule has 2 N–H and O–H groups in total. The molecule has 3 rings (SSSR count). The van der Waals surface area contributed by atoms with Gasteiger partial charge in [-0.2, -0.15) is 0 Å². The number of methoxy groups -OCH3 is 1. The van der Waals surface area contributed by atoms with Crippen molar-refractivity contribution in [3.05, 3.63) is 51.5 Å². The maximum Gasteiger partial charge on any atom is 0.312 e. The third-order valence-electron chi connectivity index (χ3n) is 5.61. The normalized spacial score (nSPS) is 15.2. The molecule has 12 heteroatoms. The fourth-order valence-corrected chi connectivity index (χ4v) is 3.78. The molecule has 182 valence electrons. The van der Waals surface area contributed by atoms with Crippen LogP contribution in [0, 0.1) is 5.82 Å². The number of ether oxygens (including phenoxy) is 1. The first-order chi connectivity index (χ1) is 16.1. The number of carbonyl (C=O) groups excluding carboxylic acids is 3. The Balaban J connectivity index is 1.91. The number of benzene rings is 1. The maximum absolute atomic E-state index is 13.4. The Hall–Kier alpha value is -3.96. The van der Waals surface area contributed by atoms with E-state index in [1.807, 2.05) is 0 Å². The summed E-state index contributed by atoms with van der Waals surface area (Å²) < 4.78 is 19.6. The van der Waals surface area contributed by atoms with Gasteiger partial charge in [-0.3, -0.25) is 23.7 Å². The first kappa shape index (κ1) is 24.7. The fourth-order valence-electron chi connectivity index (χ4n) is 3.78. The molecule has 2 aromatic rings. The Bertz CT molecular complexity index is 1200. The number of nitrogens with one attached hydrogen (secondary N) is 1. The number of amides is 3. The highest BCUT2D eigenvalue weighted by atomic mass is 19.1. The third-order valence-corrected chi connectivity index (χ3v) is 5.61. The molecule has 1 aromatic heterocycles. The first-order valence-corrected chi connectivity index (χ1v) is 10.5. The van der Waals surface area contributed by atoms with Crippen LogP contribution in [0.5, 0.6) is 11.5 Å². The van der Waals surface area contributed by atoms with Crippen molar-refractivity contribution in [2.45, 2.75) is 25.4 Å². The van der Waals surface area contributed by atoms with Gasteiger partial charge < -0.3 is 25.0 Å². The number of aromatic hydroxyl groups is 1. The number of aromatic nitrogens is 2. The van der Waals surface area contributed by atoms with Crippen LogP contribution < -0.4 is 15.6 Å². The van der Waals surface area contributed by atoms with Crippen molar-refractivity contribution in [1.29, 1.82) is 0 Å². The van der Waals surface area contributed by atoms with Gasteiger partial charge in [0.25, 0.3) is 11.5 Å². The second kappa shape index (κ2) is 9.89. The molecule has 1 saturated heterocycles. The quantitative estimate of drug-likeness (QED) is 0.595. The first-order valence-electron chi connectivity index (χ1n) is 10.5. The van der Waals surface area contributed by atoms with E-state index < -0.39 is 46.6 Å². The number of hydrogen-bond donors (Lipinski definition) is 2. The zero-order valence-electron chi connectivity index (χ0n) is 19.3. The van der Waals surface area contributed by atoms with Crippen LogP contribution in [0.3, 0.4) is 0 Å². The number of nitrogens with zero attached hydrogens (tertiary/aromatic N) is 4. The summed E-state index contributed by atoms with van der Waals surface area (Å²) in [5.41, 5.74) is -0.916. The highest BCUT2D eigenvalue weighted by Crippen LogP contribution is 2.31. The molecule has 0 aliphatic carbocycles. The Labute approximate surface area is 194 Å². The van der Waals surface area contributed by atoms with Crippen molar-refractivity contribution in [2.24, 2.45) is 7.05 Å². The van der Waals surface area contributed by atoms with Gasteiger partial charge in [0.2, 0.25) is 5.75 Å². The summed E-state index contributed by atoms with van der Waals surface area (Å²) in [6.45, 7) is 0.199. The van der Waals surface area contributed by atoms with Crippen molar-refractivity contribution < 1.29 is 28.6 Å². The van der Waals surface area contributed by atoms with Crippen molar-refractivity contribution in [3.63, 3.8) is 0 Å². The van der Waals surface area contributed by atoms with Gasteiger partial charge in [-0.25, -0.2) is 9.37 Å². The molecular weight excluding hydrogens is 449 g/mol. The van der Waals surface area contributed by atoms with Gasteiger partial charge in [0.15, 0.2) is 5.69 Å². The highest BCUT2D eigenvalue weighted by Gasteiger charge is 2.37. The predicted molar refractivity (Wildman–Crippen MR) is 118 cm³/mol. The summed E-state index contributed by atoms with van der Waals surface area (Å²) in [6.07, 6.45) is 0.991. The van der Waals surface area contributed by atoms with Gasteiger partial charge in [0.05, 0.1) is 13.2 Å². The number of carbonyl (C=O) groups is 3. The second-order valence-corrected chi connectivity index (χ2v) is 8.03. The molecule has 34 heavy (non-hydrogen) atoms. The Morgan fingerprint density at radius 1 is 1.32 bits per heavy atom. The molecule has 0 saturated carbocycles. The van der Waals surface area contributed by atoms with Gasteiger partial charge in [0, 0.05) is 45.9 Å². The van der Waals surface area contributed by atoms with Crippen LogP contribution in [0.2, 0.25) is 0 Å². The zero-order valence-corrected chi connectivity index (χ0v) is 19.3. The highest BCUT2D eigenvalue weighted by molar-refractivity contribution is 6.34. The lowest BCUT2D eigenvalue weighted by Gasteiger charge is -2.26. The average molecular weight is 475 g/mol.